The van der Waals surface area contributed by atoms with Crippen LogP contribution in [0, 0.1) is 11.6 Å². The third-order valence-electron chi connectivity index (χ3n) is 3.23. The van der Waals surface area contributed by atoms with E-state index in [9.17, 15) is 13.9 Å². The van der Waals surface area contributed by atoms with E-state index >= 15 is 0 Å². The molecule has 0 saturated carbocycles. The van der Waals surface area contributed by atoms with Crippen LogP contribution in [0.2, 0.25) is 0 Å². The predicted octanol–water partition coefficient (Wildman–Crippen LogP) is 4.27. The molecule has 2 nitrogen and oxygen atoms in total. The van der Waals surface area contributed by atoms with Crippen molar-refractivity contribution in [1.82, 2.24) is 0 Å². The first-order valence-corrected chi connectivity index (χ1v) is 7.80. The molecule has 2 rings (SSSR count). The lowest BCUT2D eigenvalue weighted by atomic mass is 9.89. The first-order chi connectivity index (χ1) is 9.92. The summed E-state index contributed by atoms with van der Waals surface area (Å²) < 4.78 is 28.2. The second-order valence-electron chi connectivity index (χ2n) is 4.66. The predicted molar refractivity (Wildman–Crippen MR) is 85.0 cm³/mol. The molecule has 0 heterocycles. The van der Waals surface area contributed by atoms with Crippen LogP contribution in [0.5, 0.6) is 0 Å². The van der Waals surface area contributed by atoms with Gasteiger partial charge in [-0.15, -0.1) is 0 Å². The topological polar surface area (TPSA) is 46.2 Å². The molecule has 0 aliphatic rings. The van der Waals surface area contributed by atoms with Gasteiger partial charge in [-0.1, -0.05) is 37.9 Å². The van der Waals surface area contributed by atoms with E-state index in [1.165, 1.54) is 12.1 Å². The van der Waals surface area contributed by atoms with Crippen LogP contribution in [0.25, 0.3) is 0 Å². The number of hydrogen-bond acceptors (Lipinski definition) is 2. The molecule has 2 aromatic carbocycles. The molecule has 2 atom stereocenters. The molecule has 0 radical (unpaired) electrons. The lowest BCUT2D eigenvalue weighted by Gasteiger charge is -2.23. The quantitative estimate of drug-likeness (QED) is 0.775. The summed E-state index contributed by atoms with van der Waals surface area (Å²) in [7, 11) is 0. The van der Waals surface area contributed by atoms with Crippen molar-refractivity contribution in [2.24, 2.45) is 5.73 Å². The minimum atomic E-state index is -0.973. The summed E-state index contributed by atoms with van der Waals surface area (Å²) in [6.07, 6.45) is -0.973. The van der Waals surface area contributed by atoms with Gasteiger partial charge in [0.25, 0.3) is 0 Å². The summed E-state index contributed by atoms with van der Waals surface area (Å²) in [5.41, 5.74) is 6.63. The van der Waals surface area contributed by atoms with Crippen LogP contribution in [0.3, 0.4) is 0 Å². The molecule has 6 heteroatoms. The molecule has 0 aliphatic carbocycles. The Bertz CT molecular complexity index is 631. The van der Waals surface area contributed by atoms with Crippen LogP contribution in [0.1, 0.15) is 23.1 Å². The lowest BCUT2D eigenvalue weighted by molar-refractivity contribution is 0.146. The van der Waals surface area contributed by atoms with Gasteiger partial charge in [0, 0.05) is 27.5 Å². The molecule has 0 fully saturated rings. The van der Waals surface area contributed by atoms with Crippen LogP contribution in [0.4, 0.5) is 8.78 Å². The lowest BCUT2D eigenvalue weighted by Crippen LogP contribution is -2.21. The smallest absolute Gasteiger partial charge is 0.126 e. The van der Waals surface area contributed by atoms with E-state index in [1.54, 1.807) is 18.2 Å². The van der Waals surface area contributed by atoms with E-state index in [0.29, 0.717) is 15.6 Å². The first kappa shape index (κ1) is 16.5. The van der Waals surface area contributed by atoms with Crippen LogP contribution in [-0.4, -0.2) is 11.7 Å². The highest BCUT2D eigenvalue weighted by Crippen LogP contribution is 2.35. The van der Waals surface area contributed by atoms with Crippen molar-refractivity contribution in [1.29, 1.82) is 0 Å². The van der Waals surface area contributed by atoms with Crippen molar-refractivity contribution in [2.75, 3.05) is 6.54 Å². The second kappa shape index (κ2) is 6.96. The van der Waals surface area contributed by atoms with Gasteiger partial charge in [0.2, 0.25) is 0 Å². The molecular formula is C15H13Br2F2NO. The Labute approximate surface area is 138 Å². The van der Waals surface area contributed by atoms with Gasteiger partial charge in [-0.2, -0.15) is 0 Å². The second-order valence-corrected chi connectivity index (χ2v) is 6.43. The third-order valence-corrected chi connectivity index (χ3v) is 4.41. The highest BCUT2D eigenvalue weighted by atomic mass is 79.9. The summed E-state index contributed by atoms with van der Waals surface area (Å²) in [5, 5.41) is 10.5. The van der Waals surface area contributed by atoms with Crippen molar-refractivity contribution in [3.8, 4) is 0 Å². The Morgan fingerprint density at radius 2 is 1.67 bits per heavy atom. The summed E-state index contributed by atoms with van der Waals surface area (Å²) in [4.78, 5) is 0. The zero-order valence-electron chi connectivity index (χ0n) is 10.9. The third kappa shape index (κ3) is 3.88. The van der Waals surface area contributed by atoms with Crippen LogP contribution in [-0.2, 0) is 0 Å². The number of aliphatic hydroxyl groups is 1. The van der Waals surface area contributed by atoms with Gasteiger partial charge in [-0.05, 0) is 35.4 Å². The zero-order chi connectivity index (χ0) is 15.6. The number of hydrogen-bond donors (Lipinski definition) is 2. The van der Waals surface area contributed by atoms with Gasteiger partial charge in [0.05, 0.1) is 6.10 Å². The number of rotatable bonds is 4. The monoisotopic (exact) mass is 419 g/mol. The number of nitrogens with two attached hydrogens (primary N) is 1. The van der Waals surface area contributed by atoms with Crippen molar-refractivity contribution in [2.45, 2.75) is 12.0 Å². The normalized spacial score (nSPS) is 14.0. The molecule has 2 unspecified atom stereocenters. The van der Waals surface area contributed by atoms with Crippen LogP contribution >= 0.6 is 31.9 Å². The van der Waals surface area contributed by atoms with Crippen LogP contribution in [0.15, 0.2) is 45.3 Å². The Balaban J connectivity index is 2.40. The summed E-state index contributed by atoms with van der Waals surface area (Å²) in [5.74, 6) is -1.98. The Hall–Kier alpha value is -0.820. The molecule has 0 amide bonds. The Morgan fingerprint density at radius 1 is 1.05 bits per heavy atom. The van der Waals surface area contributed by atoms with Crippen molar-refractivity contribution >= 4 is 31.9 Å². The summed E-state index contributed by atoms with van der Waals surface area (Å²) in [6.45, 7) is 0.0621. The van der Waals surface area contributed by atoms with E-state index in [0.717, 1.165) is 10.5 Å². The van der Waals surface area contributed by atoms with Crippen molar-refractivity contribution < 1.29 is 13.9 Å². The Kier molecular flexibility index (Phi) is 5.48. The van der Waals surface area contributed by atoms with Gasteiger partial charge in [0.15, 0.2) is 0 Å². The molecule has 0 saturated heterocycles. The fraction of sp³-hybridized carbons (Fsp3) is 0.200. The average Bonchev–Trinajstić information content (AvgIpc) is 2.38. The zero-order valence-corrected chi connectivity index (χ0v) is 14.0. The minimum absolute atomic E-state index is 0.0621. The number of aliphatic hydroxyl groups excluding tert-OH is 1. The molecular weight excluding hydrogens is 408 g/mol. The van der Waals surface area contributed by atoms with E-state index in [-0.39, 0.29) is 6.54 Å². The molecule has 0 spiro atoms. The summed E-state index contributed by atoms with van der Waals surface area (Å²) >= 11 is 6.70. The average molecular weight is 421 g/mol. The highest BCUT2D eigenvalue weighted by Gasteiger charge is 2.24. The van der Waals surface area contributed by atoms with Gasteiger partial charge in [0.1, 0.15) is 11.6 Å². The first-order valence-electron chi connectivity index (χ1n) is 6.21. The maximum atomic E-state index is 13.3. The molecule has 3 N–H and O–H groups in total. The highest BCUT2D eigenvalue weighted by molar-refractivity contribution is 9.11. The number of benzene rings is 2. The van der Waals surface area contributed by atoms with Gasteiger partial charge < -0.3 is 10.8 Å². The van der Waals surface area contributed by atoms with Gasteiger partial charge in [-0.3, -0.25) is 0 Å². The molecule has 0 aliphatic heterocycles. The van der Waals surface area contributed by atoms with Crippen molar-refractivity contribution in [3.63, 3.8) is 0 Å². The van der Waals surface area contributed by atoms with Gasteiger partial charge >= 0.3 is 0 Å². The SMILES string of the molecule is NCC(c1cc(F)cc(F)c1)C(O)c1ccc(Br)cc1Br. The largest absolute Gasteiger partial charge is 0.388 e. The molecule has 2 aromatic rings. The van der Waals surface area contributed by atoms with Crippen LogP contribution < -0.4 is 5.73 Å². The molecule has 21 heavy (non-hydrogen) atoms. The summed E-state index contributed by atoms with van der Waals surface area (Å²) in [6, 6.07) is 8.48. The fourth-order valence-corrected chi connectivity index (χ4v) is 3.48. The minimum Gasteiger partial charge on any atom is -0.388 e. The maximum Gasteiger partial charge on any atom is 0.126 e. The Morgan fingerprint density at radius 3 is 2.19 bits per heavy atom. The fourth-order valence-electron chi connectivity index (χ4n) is 2.19. The molecule has 0 aromatic heterocycles. The molecule has 0 bridgehead atoms. The van der Waals surface area contributed by atoms with Crippen molar-refractivity contribution in [3.05, 3.63) is 68.1 Å². The molecule has 112 valence electrons. The van der Waals surface area contributed by atoms with E-state index in [1.807, 2.05) is 0 Å². The van der Waals surface area contributed by atoms with E-state index < -0.39 is 23.7 Å². The maximum absolute atomic E-state index is 13.3. The standard InChI is InChI=1S/C15H13Br2F2NO/c16-9-1-2-12(14(17)5-9)15(21)13(7-20)8-3-10(18)6-11(19)4-8/h1-6,13,15,21H,7,20H2. The number of halogens is 4. The van der Waals surface area contributed by atoms with E-state index in [2.05, 4.69) is 31.9 Å². The van der Waals surface area contributed by atoms with E-state index in [4.69, 9.17) is 5.73 Å². The van der Waals surface area contributed by atoms with Gasteiger partial charge in [-0.25, -0.2) is 8.78 Å².